The maximum atomic E-state index is 12.0. The van der Waals surface area contributed by atoms with E-state index in [0.29, 0.717) is 37.8 Å². The zero-order chi connectivity index (χ0) is 14.0. The van der Waals surface area contributed by atoms with Crippen molar-refractivity contribution in [3.63, 3.8) is 0 Å². The third-order valence-electron chi connectivity index (χ3n) is 3.53. The predicted molar refractivity (Wildman–Crippen MR) is 75.2 cm³/mol. The molecule has 0 saturated carbocycles. The Kier molecular flexibility index (Phi) is 9.98. The Bertz CT molecular complexity index is 220. The third kappa shape index (κ3) is 6.97. The average molecular weight is 258 g/mol. The van der Waals surface area contributed by atoms with Crippen LogP contribution < -0.4 is 5.73 Å². The van der Waals surface area contributed by atoms with Crippen LogP contribution >= 0.6 is 0 Å². The molecule has 0 aliphatic carbocycles. The number of aliphatic hydroxyl groups is 1. The molecular weight excluding hydrogens is 228 g/mol. The van der Waals surface area contributed by atoms with Crippen LogP contribution in [0.1, 0.15) is 46.5 Å². The SMILES string of the molecule is CCN(CCCO)C(=O)CCC(CCN)C(C)C. The lowest BCUT2D eigenvalue weighted by Crippen LogP contribution is -2.32. The lowest BCUT2D eigenvalue weighted by molar-refractivity contribution is -0.131. The predicted octanol–water partition coefficient (Wildman–Crippen LogP) is 1.62. The Balaban J connectivity index is 4.11. The van der Waals surface area contributed by atoms with Crippen molar-refractivity contribution in [2.75, 3.05) is 26.2 Å². The first-order valence-corrected chi connectivity index (χ1v) is 7.15. The molecule has 0 rings (SSSR count). The van der Waals surface area contributed by atoms with Crippen molar-refractivity contribution in [3.05, 3.63) is 0 Å². The fraction of sp³-hybridized carbons (Fsp3) is 0.929. The number of aliphatic hydroxyl groups excluding tert-OH is 1. The van der Waals surface area contributed by atoms with Gasteiger partial charge >= 0.3 is 0 Å². The monoisotopic (exact) mass is 258 g/mol. The molecule has 0 fully saturated rings. The van der Waals surface area contributed by atoms with Gasteiger partial charge in [0.25, 0.3) is 0 Å². The molecule has 1 amide bonds. The molecule has 0 saturated heterocycles. The number of hydrogen-bond acceptors (Lipinski definition) is 3. The first kappa shape index (κ1) is 17.4. The molecule has 0 aromatic carbocycles. The molecule has 0 aliphatic heterocycles. The van der Waals surface area contributed by atoms with Gasteiger partial charge in [0.15, 0.2) is 0 Å². The normalized spacial score (nSPS) is 12.8. The highest BCUT2D eigenvalue weighted by atomic mass is 16.3. The van der Waals surface area contributed by atoms with Gasteiger partial charge in [-0.05, 0) is 44.6 Å². The fourth-order valence-electron chi connectivity index (χ4n) is 2.21. The minimum atomic E-state index is 0.144. The van der Waals surface area contributed by atoms with Crippen molar-refractivity contribution >= 4 is 5.91 Å². The molecule has 0 aliphatic rings. The van der Waals surface area contributed by atoms with E-state index in [0.717, 1.165) is 19.4 Å². The van der Waals surface area contributed by atoms with Crippen LogP contribution in [0, 0.1) is 11.8 Å². The van der Waals surface area contributed by atoms with Crippen molar-refractivity contribution < 1.29 is 9.90 Å². The summed E-state index contributed by atoms with van der Waals surface area (Å²) >= 11 is 0. The van der Waals surface area contributed by atoms with Crippen LogP contribution in [0.25, 0.3) is 0 Å². The van der Waals surface area contributed by atoms with Gasteiger partial charge in [-0.2, -0.15) is 0 Å². The Labute approximate surface area is 112 Å². The van der Waals surface area contributed by atoms with Gasteiger partial charge in [0.05, 0.1) is 0 Å². The second kappa shape index (κ2) is 10.3. The van der Waals surface area contributed by atoms with E-state index in [2.05, 4.69) is 13.8 Å². The highest BCUT2D eigenvalue weighted by molar-refractivity contribution is 5.76. The van der Waals surface area contributed by atoms with Gasteiger partial charge in [0.1, 0.15) is 0 Å². The average Bonchev–Trinajstić information content (AvgIpc) is 2.34. The van der Waals surface area contributed by atoms with E-state index in [-0.39, 0.29) is 12.5 Å². The summed E-state index contributed by atoms with van der Waals surface area (Å²) in [6, 6.07) is 0. The van der Waals surface area contributed by atoms with Gasteiger partial charge < -0.3 is 15.7 Å². The van der Waals surface area contributed by atoms with E-state index in [4.69, 9.17) is 10.8 Å². The number of amides is 1. The number of nitrogens with two attached hydrogens (primary N) is 1. The maximum Gasteiger partial charge on any atom is 0.222 e. The number of carbonyl (C=O) groups is 1. The van der Waals surface area contributed by atoms with Gasteiger partial charge in [0, 0.05) is 26.1 Å². The molecule has 0 bridgehead atoms. The Morgan fingerprint density at radius 2 is 2.00 bits per heavy atom. The summed E-state index contributed by atoms with van der Waals surface area (Å²) < 4.78 is 0. The van der Waals surface area contributed by atoms with Crippen LogP contribution in [-0.4, -0.2) is 42.2 Å². The molecular formula is C14H30N2O2. The van der Waals surface area contributed by atoms with Gasteiger partial charge in [-0.3, -0.25) is 4.79 Å². The molecule has 4 heteroatoms. The minimum absolute atomic E-state index is 0.144. The standard InChI is InChI=1S/C14H30N2O2/c1-4-16(10-5-11-17)14(18)7-6-13(8-9-15)12(2)3/h12-13,17H,4-11,15H2,1-3H3. The van der Waals surface area contributed by atoms with Crippen LogP contribution in [0.2, 0.25) is 0 Å². The van der Waals surface area contributed by atoms with Crippen molar-refractivity contribution in [1.82, 2.24) is 4.90 Å². The highest BCUT2D eigenvalue weighted by Crippen LogP contribution is 2.20. The number of nitrogens with zero attached hydrogens (tertiary/aromatic N) is 1. The first-order valence-electron chi connectivity index (χ1n) is 7.15. The molecule has 18 heavy (non-hydrogen) atoms. The minimum Gasteiger partial charge on any atom is -0.396 e. The van der Waals surface area contributed by atoms with E-state index in [1.807, 2.05) is 11.8 Å². The zero-order valence-corrected chi connectivity index (χ0v) is 12.2. The topological polar surface area (TPSA) is 66.6 Å². The molecule has 0 aromatic heterocycles. The largest absolute Gasteiger partial charge is 0.396 e. The smallest absolute Gasteiger partial charge is 0.222 e. The zero-order valence-electron chi connectivity index (χ0n) is 12.2. The van der Waals surface area contributed by atoms with Crippen molar-refractivity contribution in [3.8, 4) is 0 Å². The Morgan fingerprint density at radius 1 is 1.33 bits per heavy atom. The quantitative estimate of drug-likeness (QED) is 0.626. The van der Waals surface area contributed by atoms with Crippen LogP contribution in [0.4, 0.5) is 0 Å². The van der Waals surface area contributed by atoms with E-state index in [9.17, 15) is 4.79 Å². The van der Waals surface area contributed by atoms with E-state index < -0.39 is 0 Å². The van der Waals surface area contributed by atoms with Crippen LogP contribution in [0.5, 0.6) is 0 Å². The first-order chi connectivity index (χ1) is 8.56. The fourth-order valence-corrected chi connectivity index (χ4v) is 2.21. The van der Waals surface area contributed by atoms with E-state index in [1.54, 1.807) is 0 Å². The molecule has 1 atom stereocenters. The summed E-state index contributed by atoms with van der Waals surface area (Å²) in [7, 11) is 0. The molecule has 0 spiro atoms. The summed E-state index contributed by atoms with van der Waals surface area (Å²) in [6.45, 7) is 8.58. The maximum absolute atomic E-state index is 12.0. The summed E-state index contributed by atoms with van der Waals surface area (Å²) in [6.07, 6.45) is 3.18. The van der Waals surface area contributed by atoms with Gasteiger partial charge in [0.2, 0.25) is 5.91 Å². The second-order valence-corrected chi connectivity index (χ2v) is 5.17. The molecule has 0 aromatic rings. The molecule has 4 nitrogen and oxygen atoms in total. The van der Waals surface area contributed by atoms with E-state index >= 15 is 0 Å². The van der Waals surface area contributed by atoms with Crippen LogP contribution in [0.15, 0.2) is 0 Å². The molecule has 108 valence electrons. The lowest BCUT2D eigenvalue weighted by atomic mass is 9.88. The van der Waals surface area contributed by atoms with Crippen LogP contribution in [-0.2, 0) is 4.79 Å². The lowest BCUT2D eigenvalue weighted by Gasteiger charge is -2.24. The highest BCUT2D eigenvalue weighted by Gasteiger charge is 2.17. The van der Waals surface area contributed by atoms with Crippen molar-refractivity contribution in [2.24, 2.45) is 17.6 Å². The van der Waals surface area contributed by atoms with Gasteiger partial charge in [-0.15, -0.1) is 0 Å². The molecule has 1 unspecified atom stereocenters. The summed E-state index contributed by atoms with van der Waals surface area (Å²) in [5, 5.41) is 8.80. The van der Waals surface area contributed by atoms with Crippen molar-refractivity contribution in [2.45, 2.75) is 46.5 Å². The van der Waals surface area contributed by atoms with Crippen LogP contribution in [0.3, 0.4) is 0 Å². The third-order valence-corrected chi connectivity index (χ3v) is 3.53. The summed E-state index contributed by atoms with van der Waals surface area (Å²) in [5.41, 5.74) is 5.60. The number of carbonyl (C=O) groups excluding carboxylic acids is 1. The van der Waals surface area contributed by atoms with E-state index in [1.165, 1.54) is 0 Å². The second-order valence-electron chi connectivity index (χ2n) is 5.17. The molecule has 0 radical (unpaired) electrons. The number of hydrogen-bond donors (Lipinski definition) is 2. The van der Waals surface area contributed by atoms with Gasteiger partial charge in [-0.25, -0.2) is 0 Å². The Hall–Kier alpha value is -0.610. The summed E-state index contributed by atoms with van der Waals surface area (Å²) in [4.78, 5) is 13.9. The summed E-state index contributed by atoms with van der Waals surface area (Å²) in [5.74, 6) is 1.32. The van der Waals surface area contributed by atoms with Crippen molar-refractivity contribution in [1.29, 1.82) is 0 Å². The molecule has 0 heterocycles. The Morgan fingerprint density at radius 3 is 2.44 bits per heavy atom. The number of rotatable bonds is 10. The molecule has 3 N–H and O–H groups in total. The van der Waals surface area contributed by atoms with Gasteiger partial charge in [-0.1, -0.05) is 13.8 Å².